The summed E-state index contributed by atoms with van der Waals surface area (Å²) in [6.45, 7) is 5.06. The molecule has 0 saturated carbocycles. The standard InChI is InChI=1S/C8H16O3.C6H4Cl2/c1-3-5-6-11-8(9)7-10-4-2;7-5-3-1-2-4-6(5)8/h3-7H2,1-2H3;1-4H. The first-order chi connectivity index (χ1) is 9.11. The number of carbonyl (C=O) groups excluding carboxylic acids is 1. The zero-order valence-electron chi connectivity index (χ0n) is 11.3. The molecule has 3 nitrogen and oxygen atoms in total. The van der Waals surface area contributed by atoms with Gasteiger partial charge in [-0.15, -0.1) is 0 Å². The van der Waals surface area contributed by atoms with Gasteiger partial charge < -0.3 is 9.47 Å². The SMILES string of the molecule is CCCCOC(=O)COCC.Clc1ccccc1Cl. The fourth-order valence-electron chi connectivity index (χ4n) is 0.997. The van der Waals surface area contributed by atoms with Crippen LogP contribution in [0, 0.1) is 0 Å². The van der Waals surface area contributed by atoms with E-state index >= 15 is 0 Å². The molecule has 0 saturated heterocycles. The molecule has 0 amide bonds. The van der Waals surface area contributed by atoms with Crippen LogP contribution in [-0.2, 0) is 14.3 Å². The number of rotatable bonds is 6. The quantitative estimate of drug-likeness (QED) is 0.578. The fraction of sp³-hybridized carbons (Fsp3) is 0.500. The highest BCUT2D eigenvalue weighted by atomic mass is 35.5. The van der Waals surface area contributed by atoms with Crippen LogP contribution in [0.25, 0.3) is 0 Å². The molecule has 0 bridgehead atoms. The van der Waals surface area contributed by atoms with E-state index in [4.69, 9.17) is 32.7 Å². The first-order valence-electron chi connectivity index (χ1n) is 6.25. The number of unbranched alkanes of at least 4 members (excludes halogenated alkanes) is 1. The van der Waals surface area contributed by atoms with Gasteiger partial charge in [0.1, 0.15) is 6.61 Å². The van der Waals surface area contributed by atoms with Crippen LogP contribution < -0.4 is 0 Å². The average Bonchev–Trinajstić information content (AvgIpc) is 2.41. The Labute approximate surface area is 124 Å². The lowest BCUT2D eigenvalue weighted by molar-refractivity contribution is -0.148. The lowest BCUT2D eigenvalue weighted by Gasteiger charge is -2.02. The summed E-state index contributed by atoms with van der Waals surface area (Å²) in [5, 5.41) is 1.21. The Morgan fingerprint density at radius 1 is 1.16 bits per heavy atom. The van der Waals surface area contributed by atoms with Crippen LogP contribution >= 0.6 is 23.2 Å². The second kappa shape index (κ2) is 12.3. The summed E-state index contributed by atoms with van der Waals surface area (Å²) in [6.07, 6.45) is 1.97. The highest BCUT2D eigenvalue weighted by Gasteiger charge is 1.99. The molecule has 0 spiro atoms. The lowest BCUT2D eigenvalue weighted by Crippen LogP contribution is -2.13. The Morgan fingerprint density at radius 2 is 1.74 bits per heavy atom. The van der Waals surface area contributed by atoms with Gasteiger partial charge in [0.05, 0.1) is 16.7 Å². The molecule has 0 unspecified atom stereocenters. The molecule has 1 aromatic carbocycles. The largest absolute Gasteiger partial charge is 0.464 e. The van der Waals surface area contributed by atoms with E-state index < -0.39 is 0 Å². The summed E-state index contributed by atoms with van der Waals surface area (Å²) in [7, 11) is 0. The Balaban J connectivity index is 0.000000356. The van der Waals surface area contributed by atoms with E-state index in [2.05, 4.69) is 6.92 Å². The van der Waals surface area contributed by atoms with Crippen LogP contribution in [0.1, 0.15) is 26.7 Å². The first-order valence-corrected chi connectivity index (χ1v) is 7.00. The molecule has 0 aliphatic carbocycles. The van der Waals surface area contributed by atoms with E-state index in [1.54, 1.807) is 12.1 Å². The van der Waals surface area contributed by atoms with Crippen LogP contribution in [0.3, 0.4) is 0 Å². The van der Waals surface area contributed by atoms with Gasteiger partial charge in [-0.05, 0) is 25.5 Å². The molecule has 0 aliphatic heterocycles. The number of hydrogen-bond acceptors (Lipinski definition) is 3. The van der Waals surface area contributed by atoms with Crippen LogP contribution in [0.4, 0.5) is 0 Å². The summed E-state index contributed by atoms with van der Waals surface area (Å²) < 4.78 is 9.67. The van der Waals surface area contributed by atoms with Gasteiger partial charge in [-0.3, -0.25) is 0 Å². The molecule has 0 aromatic heterocycles. The van der Waals surface area contributed by atoms with Crippen molar-refractivity contribution < 1.29 is 14.3 Å². The van der Waals surface area contributed by atoms with Crippen LogP contribution in [0.2, 0.25) is 10.0 Å². The van der Waals surface area contributed by atoms with Crippen LogP contribution in [-0.4, -0.2) is 25.8 Å². The van der Waals surface area contributed by atoms with Crippen molar-refractivity contribution in [3.63, 3.8) is 0 Å². The molecule has 0 fully saturated rings. The predicted molar refractivity (Wildman–Crippen MR) is 78.8 cm³/mol. The molecule has 108 valence electrons. The smallest absolute Gasteiger partial charge is 0.332 e. The number of esters is 1. The highest BCUT2D eigenvalue weighted by molar-refractivity contribution is 6.41. The van der Waals surface area contributed by atoms with Crippen molar-refractivity contribution >= 4 is 29.2 Å². The monoisotopic (exact) mass is 306 g/mol. The molecule has 0 heterocycles. The number of ether oxygens (including phenoxy) is 2. The molecular formula is C14H20Cl2O3. The van der Waals surface area contributed by atoms with E-state index in [1.807, 2.05) is 19.1 Å². The third-order valence-electron chi connectivity index (χ3n) is 2.01. The minimum absolute atomic E-state index is 0.0835. The molecule has 0 aliphatic rings. The van der Waals surface area contributed by atoms with Crippen molar-refractivity contribution in [2.75, 3.05) is 19.8 Å². The molecule has 5 heteroatoms. The summed E-state index contributed by atoms with van der Waals surface area (Å²) in [4.78, 5) is 10.7. The van der Waals surface area contributed by atoms with E-state index in [0.29, 0.717) is 23.3 Å². The zero-order chi connectivity index (χ0) is 14.5. The normalized spacial score (nSPS) is 9.47. The Morgan fingerprint density at radius 3 is 2.16 bits per heavy atom. The van der Waals surface area contributed by atoms with Crippen molar-refractivity contribution in [1.29, 1.82) is 0 Å². The average molecular weight is 307 g/mol. The zero-order valence-corrected chi connectivity index (χ0v) is 12.8. The molecule has 0 atom stereocenters. The van der Waals surface area contributed by atoms with Gasteiger partial charge in [0.15, 0.2) is 0 Å². The number of halogens is 2. The van der Waals surface area contributed by atoms with Crippen molar-refractivity contribution in [1.82, 2.24) is 0 Å². The molecule has 0 N–H and O–H groups in total. The van der Waals surface area contributed by atoms with E-state index in [9.17, 15) is 4.79 Å². The summed E-state index contributed by atoms with van der Waals surface area (Å²) >= 11 is 11.2. The second-order valence-electron chi connectivity index (χ2n) is 3.63. The topological polar surface area (TPSA) is 35.5 Å². The molecule has 1 aromatic rings. The summed E-state index contributed by atoms with van der Waals surface area (Å²) in [6, 6.07) is 7.19. The molecule has 1 rings (SSSR count). The minimum atomic E-state index is -0.264. The molecule has 19 heavy (non-hydrogen) atoms. The van der Waals surface area contributed by atoms with Gasteiger partial charge in [-0.2, -0.15) is 0 Å². The lowest BCUT2D eigenvalue weighted by atomic mass is 10.4. The van der Waals surface area contributed by atoms with Crippen LogP contribution in [0.5, 0.6) is 0 Å². The van der Waals surface area contributed by atoms with Crippen molar-refractivity contribution in [3.8, 4) is 0 Å². The van der Waals surface area contributed by atoms with Gasteiger partial charge in [0.25, 0.3) is 0 Å². The summed E-state index contributed by atoms with van der Waals surface area (Å²) in [5.41, 5.74) is 0. The van der Waals surface area contributed by atoms with Gasteiger partial charge in [-0.25, -0.2) is 4.79 Å². The highest BCUT2D eigenvalue weighted by Crippen LogP contribution is 2.19. The minimum Gasteiger partial charge on any atom is -0.464 e. The molecular weight excluding hydrogens is 287 g/mol. The fourth-order valence-corrected chi connectivity index (χ4v) is 1.27. The van der Waals surface area contributed by atoms with Gasteiger partial charge in [0, 0.05) is 6.61 Å². The maximum Gasteiger partial charge on any atom is 0.332 e. The Kier molecular flexibility index (Phi) is 11.8. The van der Waals surface area contributed by atoms with E-state index in [0.717, 1.165) is 12.8 Å². The predicted octanol–water partition coefficient (Wildman–Crippen LogP) is 4.36. The maximum absolute atomic E-state index is 10.7. The van der Waals surface area contributed by atoms with Crippen molar-refractivity contribution in [2.24, 2.45) is 0 Å². The molecule has 0 radical (unpaired) electrons. The summed E-state index contributed by atoms with van der Waals surface area (Å²) in [5.74, 6) is -0.264. The number of benzene rings is 1. The van der Waals surface area contributed by atoms with Gasteiger partial charge in [0.2, 0.25) is 0 Å². The maximum atomic E-state index is 10.7. The van der Waals surface area contributed by atoms with Crippen molar-refractivity contribution in [3.05, 3.63) is 34.3 Å². The number of hydrogen-bond donors (Lipinski definition) is 0. The van der Waals surface area contributed by atoms with E-state index in [-0.39, 0.29) is 12.6 Å². The van der Waals surface area contributed by atoms with Gasteiger partial charge in [-0.1, -0.05) is 48.7 Å². The third kappa shape index (κ3) is 10.8. The Bertz CT molecular complexity index is 335. The first kappa shape index (κ1) is 18.2. The van der Waals surface area contributed by atoms with E-state index in [1.165, 1.54) is 0 Å². The van der Waals surface area contributed by atoms with Crippen LogP contribution in [0.15, 0.2) is 24.3 Å². The van der Waals surface area contributed by atoms with Gasteiger partial charge >= 0.3 is 5.97 Å². The third-order valence-corrected chi connectivity index (χ3v) is 2.77. The van der Waals surface area contributed by atoms with Crippen molar-refractivity contribution in [2.45, 2.75) is 26.7 Å². The second-order valence-corrected chi connectivity index (χ2v) is 4.44. The number of carbonyl (C=O) groups is 1. The Hall–Kier alpha value is -0.770.